The number of hydrogen-bond acceptors (Lipinski definition) is 3. The van der Waals surface area contributed by atoms with Crippen molar-refractivity contribution in [1.82, 2.24) is 4.90 Å². The zero-order valence-corrected chi connectivity index (χ0v) is 11.7. The first-order chi connectivity index (χ1) is 9.08. The van der Waals surface area contributed by atoms with Gasteiger partial charge in [0.05, 0.1) is 13.2 Å². The summed E-state index contributed by atoms with van der Waals surface area (Å²) in [6.45, 7) is 4.50. The zero-order valence-electron chi connectivity index (χ0n) is 10.9. The van der Waals surface area contributed by atoms with Crippen molar-refractivity contribution in [2.75, 3.05) is 26.3 Å². The molecule has 0 aliphatic carbocycles. The number of nitrogens with zero attached hydrogens (tertiary/aromatic N) is 1. The number of halogens is 1. The van der Waals surface area contributed by atoms with Crippen LogP contribution in [0.1, 0.15) is 11.1 Å². The molecule has 2 rings (SSSR count). The molecule has 104 valence electrons. The molecule has 1 aromatic carbocycles. The predicted octanol–water partition coefficient (Wildman–Crippen LogP) is 1.98. The predicted molar refractivity (Wildman–Crippen MR) is 73.7 cm³/mol. The van der Waals surface area contributed by atoms with Gasteiger partial charge in [-0.3, -0.25) is 9.69 Å². The van der Waals surface area contributed by atoms with E-state index in [0.29, 0.717) is 37.7 Å². The van der Waals surface area contributed by atoms with E-state index in [4.69, 9.17) is 16.3 Å². The number of aryl methyl sites for hydroxylation is 1. The van der Waals surface area contributed by atoms with E-state index in [1.165, 1.54) is 0 Å². The van der Waals surface area contributed by atoms with Crippen LogP contribution in [0.15, 0.2) is 18.2 Å². The Morgan fingerprint density at radius 2 is 2.16 bits per heavy atom. The second-order valence-electron chi connectivity index (χ2n) is 4.78. The van der Waals surface area contributed by atoms with Crippen LogP contribution >= 0.6 is 11.6 Å². The van der Waals surface area contributed by atoms with Gasteiger partial charge in [-0.1, -0.05) is 17.7 Å². The molecule has 19 heavy (non-hydrogen) atoms. The van der Waals surface area contributed by atoms with Gasteiger partial charge in [-0.25, -0.2) is 0 Å². The fourth-order valence-corrected chi connectivity index (χ4v) is 2.59. The fourth-order valence-electron chi connectivity index (χ4n) is 2.36. The van der Waals surface area contributed by atoms with Crippen LogP contribution in [0, 0.1) is 6.92 Å². The van der Waals surface area contributed by atoms with Gasteiger partial charge in [0, 0.05) is 18.1 Å². The first kappa shape index (κ1) is 14.3. The lowest BCUT2D eigenvalue weighted by molar-refractivity contribution is -0.145. The molecule has 1 aliphatic rings. The monoisotopic (exact) mass is 283 g/mol. The quantitative estimate of drug-likeness (QED) is 0.918. The highest BCUT2D eigenvalue weighted by atomic mass is 35.5. The van der Waals surface area contributed by atoms with Crippen molar-refractivity contribution in [2.45, 2.75) is 19.4 Å². The smallest absolute Gasteiger partial charge is 0.321 e. The summed E-state index contributed by atoms with van der Waals surface area (Å²) in [5, 5.41) is 10.1. The molecule has 1 atom stereocenters. The van der Waals surface area contributed by atoms with Crippen molar-refractivity contribution in [2.24, 2.45) is 0 Å². The molecule has 0 saturated carbocycles. The lowest BCUT2D eigenvalue weighted by Gasteiger charge is -2.32. The number of carbonyl (C=O) groups is 1. The minimum absolute atomic E-state index is 0.497. The van der Waals surface area contributed by atoms with E-state index in [1.807, 2.05) is 30.0 Å². The van der Waals surface area contributed by atoms with Gasteiger partial charge in [0.1, 0.15) is 6.04 Å². The molecule has 5 heteroatoms. The lowest BCUT2D eigenvalue weighted by Crippen LogP contribution is -2.48. The number of ether oxygens (including phenoxy) is 1. The van der Waals surface area contributed by atoms with Crippen LogP contribution in [0.25, 0.3) is 0 Å². The number of morpholine rings is 1. The lowest BCUT2D eigenvalue weighted by atomic mass is 10.00. The Balaban J connectivity index is 2.13. The molecule has 0 unspecified atom stereocenters. The molecule has 0 bridgehead atoms. The van der Waals surface area contributed by atoms with Gasteiger partial charge in [-0.2, -0.15) is 0 Å². The van der Waals surface area contributed by atoms with Crippen LogP contribution in [0.2, 0.25) is 5.02 Å². The molecule has 0 amide bonds. The summed E-state index contributed by atoms with van der Waals surface area (Å²) < 4.78 is 5.27. The number of benzene rings is 1. The average Bonchev–Trinajstić information content (AvgIpc) is 2.38. The van der Waals surface area contributed by atoms with E-state index in [9.17, 15) is 9.90 Å². The molecule has 0 radical (unpaired) electrons. The van der Waals surface area contributed by atoms with Crippen molar-refractivity contribution in [1.29, 1.82) is 0 Å². The molecular formula is C14H18ClNO3. The van der Waals surface area contributed by atoms with E-state index < -0.39 is 12.0 Å². The minimum Gasteiger partial charge on any atom is -0.480 e. The summed E-state index contributed by atoms with van der Waals surface area (Å²) in [4.78, 5) is 13.4. The Morgan fingerprint density at radius 3 is 2.74 bits per heavy atom. The summed E-state index contributed by atoms with van der Waals surface area (Å²) in [5.41, 5.74) is 2.07. The standard InChI is InChI=1S/C14H18ClNO3/c1-10-8-12(15)3-2-11(10)9-13(14(17)18)16-4-6-19-7-5-16/h2-3,8,13H,4-7,9H2,1H3,(H,17,18)/t13-/m0/s1. The maximum Gasteiger partial charge on any atom is 0.321 e. The Kier molecular flexibility index (Phi) is 4.80. The van der Waals surface area contributed by atoms with Crippen LogP contribution in [0.5, 0.6) is 0 Å². The number of hydrogen-bond donors (Lipinski definition) is 1. The van der Waals surface area contributed by atoms with Gasteiger partial charge in [-0.05, 0) is 36.6 Å². The van der Waals surface area contributed by atoms with E-state index in [2.05, 4.69) is 0 Å². The summed E-state index contributed by atoms with van der Waals surface area (Å²) >= 11 is 5.92. The van der Waals surface area contributed by atoms with Gasteiger partial charge in [0.2, 0.25) is 0 Å². The molecule has 1 aromatic rings. The van der Waals surface area contributed by atoms with Crippen LogP contribution in [0.3, 0.4) is 0 Å². The Morgan fingerprint density at radius 1 is 1.47 bits per heavy atom. The van der Waals surface area contributed by atoms with Gasteiger partial charge in [-0.15, -0.1) is 0 Å². The second-order valence-corrected chi connectivity index (χ2v) is 5.21. The third-order valence-electron chi connectivity index (χ3n) is 3.49. The number of aliphatic carboxylic acids is 1. The maximum absolute atomic E-state index is 11.5. The second kappa shape index (κ2) is 6.37. The van der Waals surface area contributed by atoms with E-state index in [-0.39, 0.29) is 0 Å². The Hall–Kier alpha value is -1.10. The first-order valence-electron chi connectivity index (χ1n) is 6.37. The third kappa shape index (κ3) is 3.69. The Bertz CT molecular complexity index is 458. The molecule has 0 aromatic heterocycles. The molecule has 1 heterocycles. The number of carboxylic acid groups (broad SMARTS) is 1. The third-order valence-corrected chi connectivity index (χ3v) is 3.72. The zero-order chi connectivity index (χ0) is 13.8. The molecule has 4 nitrogen and oxygen atoms in total. The van der Waals surface area contributed by atoms with Crippen LogP contribution < -0.4 is 0 Å². The molecule has 0 spiro atoms. The molecule has 1 aliphatic heterocycles. The molecule has 1 fully saturated rings. The van der Waals surface area contributed by atoms with Crippen molar-refractivity contribution in [3.05, 3.63) is 34.3 Å². The molecular weight excluding hydrogens is 266 g/mol. The highest BCUT2D eigenvalue weighted by Gasteiger charge is 2.27. The largest absolute Gasteiger partial charge is 0.480 e. The van der Waals surface area contributed by atoms with Crippen molar-refractivity contribution >= 4 is 17.6 Å². The van der Waals surface area contributed by atoms with Crippen LogP contribution in [-0.4, -0.2) is 48.3 Å². The van der Waals surface area contributed by atoms with Crippen molar-refractivity contribution in [3.8, 4) is 0 Å². The SMILES string of the molecule is Cc1cc(Cl)ccc1C[C@@H](C(=O)O)N1CCOCC1. The molecule has 1 saturated heterocycles. The maximum atomic E-state index is 11.5. The summed E-state index contributed by atoms with van der Waals surface area (Å²) in [6.07, 6.45) is 0.498. The summed E-state index contributed by atoms with van der Waals surface area (Å²) in [6, 6.07) is 5.09. The minimum atomic E-state index is -0.781. The van der Waals surface area contributed by atoms with Gasteiger partial charge in [0.25, 0.3) is 0 Å². The van der Waals surface area contributed by atoms with Crippen LogP contribution in [0.4, 0.5) is 0 Å². The van der Waals surface area contributed by atoms with Crippen molar-refractivity contribution in [3.63, 3.8) is 0 Å². The van der Waals surface area contributed by atoms with E-state index >= 15 is 0 Å². The summed E-state index contributed by atoms with van der Waals surface area (Å²) in [7, 11) is 0. The van der Waals surface area contributed by atoms with Gasteiger partial charge in [0.15, 0.2) is 0 Å². The Labute approximate surface area is 117 Å². The normalized spacial score (nSPS) is 18.2. The van der Waals surface area contributed by atoms with Gasteiger partial charge >= 0.3 is 5.97 Å². The first-order valence-corrected chi connectivity index (χ1v) is 6.75. The number of rotatable bonds is 4. The number of carboxylic acids is 1. The highest BCUT2D eigenvalue weighted by molar-refractivity contribution is 6.30. The van der Waals surface area contributed by atoms with E-state index in [0.717, 1.165) is 11.1 Å². The van der Waals surface area contributed by atoms with E-state index in [1.54, 1.807) is 0 Å². The van der Waals surface area contributed by atoms with Gasteiger partial charge < -0.3 is 9.84 Å². The summed E-state index contributed by atoms with van der Waals surface area (Å²) in [5.74, 6) is -0.781. The topological polar surface area (TPSA) is 49.8 Å². The van der Waals surface area contributed by atoms with Crippen LogP contribution in [-0.2, 0) is 16.0 Å². The average molecular weight is 284 g/mol. The highest BCUT2D eigenvalue weighted by Crippen LogP contribution is 2.19. The molecule has 1 N–H and O–H groups in total. The fraction of sp³-hybridized carbons (Fsp3) is 0.500. The van der Waals surface area contributed by atoms with Crippen molar-refractivity contribution < 1.29 is 14.6 Å².